The zero-order chi connectivity index (χ0) is 31.9. The van der Waals surface area contributed by atoms with E-state index in [1.165, 1.54) is 7.11 Å². The molecule has 0 saturated carbocycles. The molecule has 0 radical (unpaired) electrons. The molecule has 2 aliphatic rings. The molecule has 8 nitrogen and oxygen atoms in total. The predicted molar refractivity (Wildman–Crippen MR) is 167 cm³/mol. The zero-order valence-corrected chi connectivity index (χ0v) is 29.0. The Morgan fingerprint density at radius 3 is 2.21 bits per heavy atom. The maximum atomic E-state index is 13.1. The van der Waals surface area contributed by atoms with Crippen molar-refractivity contribution in [1.29, 1.82) is 0 Å². The van der Waals surface area contributed by atoms with Crippen LogP contribution in [0.25, 0.3) is 0 Å². The van der Waals surface area contributed by atoms with E-state index < -0.39 is 50.1 Å². The minimum atomic E-state index is -1.74. The van der Waals surface area contributed by atoms with Gasteiger partial charge in [-0.1, -0.05) is 58.9 Å². The van der Waals surface area contributed by atoms with Crippen LogP contribution in [0.3, 0.4) is 0 Å². The van der Waals surface area contributed by atoms with Crippen molar-refractivity contribution >= 4 is 20.1 Å². The summed E-state index contributed by atoms with van der Waals surface area (Å²) in [6.45, 7) is 20.8. The first-order chi connectivity index (χ1) is 19.3. The Labute approximate surface area is 255 Å². The number of ketones is 1. The predicted octanol–water partition coefficient (Wildman–Crippen LogP) is 6.86. The second kappa shape index (κ2) is 15.1. The summed E-state index contributed by atoms with van der Waals surface area (Å²) in [4.78, 5) is 25.7. The number of ether oxygens (including phenoxy) is 4. The Bertz CT molecular complexity index is 952. The maximum absolute atomic E-state index is 13.1. The molecule has 2 aliphatic heterocycles. The van der Waals surface area contributed by atoms with E-state index in [-0.39, 0.29) is 29.3 Å². The van der Waals surface area contributed by atoms with E-state index in [1.807, 2.05) is 32.1 Å². The largest absolute Gasteiger partial charge is 0.467 e. The number of rotatable bonds is 14. The minimum Gasteiger partial charge on any atom is -0.467 e. The molecule has 2 rings (SSSR count). The molecule has 0 amide bonds. The van der Waals surface area contributed by atoms with Crippen LogP contribution >= 0.6 is 0 Å². The fourth-order valence-corrected chi connectivity index (χ4v) is 6.88. The number of hydrogen-bond acceptors (Lipinski definition) is 8. The van der Waals surface area contributed by atoms with Gasteiger partial charge >= 0.3 is 5.97 Å². The van der Waals surface area contributed by atoms with E-state index >= 15 is 0 Å². The molecule has 0 aromatic heterocycles. The molecule has 2 fully saturated rings. The molecule has 9 heteroatoms. The monoisotopic (exact) mass is 610 g/mol. The molecule has 0 bridgehead atoms. The molecule has 7 atom stereocenters. The molecule has 2 saturated heterocycles. The number of carbonyl (C=O) groups is 2. The molecule has 0 aliphatic carbocycles. The van der Waals surface area contributed by atoms with E-state index in [0.29, 0.717) is 25.7 Å². The van der Waals surface area contributed by atoms with Crippen LogP contribution in [0, 0.1) is 11.8 Å². The fraction of sp³-hybridized carbons (Fsp3) is 0.818. The van der Waals surface area contributed by atoms with E-state index in [1.54, 1.807) is 13.8 Å². The van der Waals surface area contributed by atoms with Crippen LogP contribution in [0.2, 0.25) is 18.1 Å². The van der Waals surface area contributed by atoms with Crippen molar-refractivity contribution < 1.29 is 38.1 Å². The van der Waals surface area contributed by atoms with Gasteiger partial charge in [0.15, 0.2) is 14.1 Å². The maximum Gasteiger partial charge on any atom is 0.340 e. The van der Waals surface area contributed by atoms with Crippen LogP contribution in [0.1, 0.15) is 100 Å². The number of allylic oxidation sites excluding steroid dienone is 4. The highest BCUT2D eigenvalue weighted by molar-refractivity contribution is 6.74. The summed E-state index contributed by atoms with van der Waals surface area (Å²) in [5.41, 5.74) is 0. The SMILES string of the molecule is COC(=O)C1OC(C)(C)O[C@@]12O[C@H]([C@H](C)C(=O)C[C@@H](O)CC/C=C/C=C\CC[C@H](C)O[Si](C)(C)C(C)(C)C)CCC2C. The average Bonchev–Trinajstić information content (AvgIpc) is 3.15. The Kier molecular flexibility index (Phi) is 13.2. The van der Waals surface area contributed by atoms with E-state index in [4.69, 9.17) is 23.4 Å². The zero-order valence-electron chi connectivity index (χ0n) is 28.0. The second-order valence-electron chi connectivity index (χ2n) is 14.2. The molecular weight excluding hydrogens is 552 g/mol. The van der Waals surface area contributed by atoms with Gasteiger partial charge in [-0.2, -0.15) is 0 Å². The number of esters is 1. The average molecular weight is 611 g/mol. The topological polar surface area (TPSA) is 101 Å². The summed E-state index contributed by atoms with van der Waals surface area (Å²) in [6, 6.07) is 0. The lowest BCUT2D eigenvalue weighted by molar-refractivity contribution is -0.316. The van der Waals surface area contributed by atoms with Crippen LogP contribution in [0.5, 0.6) is 0 Å². The first-order valence-corrected chi connectivity index (χ1v) is 18.6. The van der Waals surface area contributed by atoms with E-state index in [0.717, 1.165) is 12.8 Å². The van der Waals surface area contributed by atoms with Gasteiger partial charge < -0.3 is 28.5 Å². The van der Waals surface area contributed by atoms with Gasteiger partial charge in [0, 0.05) is 24.4 Å². The Morgan fingerprint density at radius 2 is 1.64 bits per heavy atom. The Hall–Kier alpha value is -1.36. The highest BCUT2D eigenvalue weighted by Gasteiger charge is 2.63. The highest BCUT2D eigenvalue weighted by atomic mass is 28.4. The third-order valence-electron chi connectivity index (χ3n) is 9.09. The minimum absolute atomic E-state index is 0.0582. The lowest BCUT2D eigenvalue weighted by Crippen LogP contribution is -2.58. The fourth-order valence-electron chi connectivity index (χ4n) is 5.41. The lowest BCUT2D eigenvalue weighted by Gasteiger charge is -2.45. The van der Waals surface area contributed by atoms with Gasteiger partial charge in [0.25, 0.3) is 0 Å². The number of aliphatic hydroxyl groups excluding tert-OH is 1. The van der Waals surface area contributed by atoms with Crippen molar-refractivity contribution in [2.24, 2.45) is 11.8 Å². The number of aliphatic hydroxyl groups is 1. The van der Waals surface area contributed by atoms with Crippen molar-refractivity contribution in [2.45, 2.75) is 154 Å². The molecule has 242 valence electrons. The van der Waals surface area contributed by atoms with Gasteiger partial charge in [-0.3, -0.25) is 4.79 Å². The molecule has 1 spiro atoms. The highest BCUT2D eigenvalue weighted by Crippen LogP contribution is 2.48. The molecule has 0 aromatic rings. The van der Waals surface area contributed by atoms with Gasteiger partial charge in [-0.25, -0.2) is 4.79 Å². The van der Waals surface area contributed by atoms with Crippen molar-refractivity contribution in [3.63, 3.8) is 0 Å². The molecular formula is C33H58O8Si. The van der Waals surface area contributed by atoms with Crippen molar-refractivity contribution in [3.8, 4) is 0 Å². The lowest BCUT2D eigenvalue weighted by atomic mass is 9.82. The van der Waals surface area contributed by atoms with Gasteiger partial charge in [-0.05, 0) is 77.4 Å². The Morgan fingerprint density at radius 1 is 1.05 bits per heavy atom. The van der Waals surface area contributed by atoms with Crippen molar-refractivity contribution in [3.05, 3.63) is 24.3 Å². The summed E-state index contributed by atoms with van der Waals surface area (Å²) >= 11 is 0. The quantitative estimate of drug-likeness (QED) is 0.129. The van der Waals surface area contributed by atoms with Crippen LogP contribution in [-0.2, 0) is 33.0 Å². The first-order valence-electron chi connectivity index (χ1n) is 15.7. The van der Waals surface area contributed by atoms with Gasteiger partial charge in [0.05, 0.1) is 19.3 Å². The third kappa shape index (κ3) is 9.82. The van der Waals surface area contributed by atoms with Crippen LogP contribution in [0.4, 0.5) is 0 Å². The normalized spacial score (nSPS) is 28.8. The van der Waals surface area contributed by atoms with Crippen molar-refractivity contribution in [1.82, 2.24) is 0 Å². The molecule has 2 heterocycles. The second-order valence-corrected chi connectivity index (χ2v) is 18.9. The summed E-state index contributed by atoms with van der Waals surface area (Å²) in [6.07, 6.45) is 10.8. The van der Waals surface area contributed by atoms with Crippen LogP contribution in [-0.4, -0.2) is 68.3 Å². The summed E-state index contributed by atoms with van der Waals surface area (Å²) in [7, 11) is -0.431. The standard InChI is InChI=1S/C33H58O8Si/c1-23-20-21-28(38-33(23)29(30(36)37-9)39-32(7,8)41-33)25(3)27(35)22-26(34)19-17-15-13-12-14-16-18-24(2)40-42(10,11)31(4,5)6/h12-15,23-26,28-29,34H,16-22H2,1-11H3/b14-12-,15-13+/t23?,24-,25+,26-,28-,29?,33+/m0/s1. The molecule has 0 aromatic carbocycles. The number of Topliss-reactive ketones (excluding diaryl/α,β-unsaturated/α-hetero) is 1. The molecule has 2 unspecified atom stereocenters. The summed E-state index contributed by atoms with van der Waals surface area (Å²) in [5, 5.41) is 10.8. The first kappa shape index (κ1) is 36.8. The van der Waals surface area contributed by atoms with Crippen LogP contribution in [0.15, 0.2) is 24.3 Å². The molecule has 1 N–H and O–H groups in total. The molecule has 42 heavy (non-hydrogen) atoms. The van der Waals surface area contributed by atoms with Gasteiger partial charge in [0.1, 0.15) is 5.78 Å². The van der Waals surface area contributed by atoms with Gasteiger partial charge in [0.2, 0.25) is 11.9 Å². The van der Waals surface area contributed by atoms with E-state index in [9.17, 15) is 14.7 Å². The number of methoxy groups -OCH3 is 1. The number of hydrogen-bond donors (Lipinski definition) is 1. The van der Waals surface area contributed by atoms with Gasteiger partial charge in [-0.15, -0.1) is 0 Å². The number of carbonyl (C=O) groups excluding carboxylic acids is 2. The Balaban J connectivity index is 1.79. The van der Waals surface area contributed by atoms with Crippen molar-refractivity contribution in [2.75, 3.05) is 7.11 Å². The van der Waals surface area contributed by atoms with Crippen LogP contribution < -0.4 is 0 Å². The third-order valence-corrected chi connectivity index (χ3v) is 13.7. The van der Waals surface area contributed by atoms with E-state index in [2.05, 4.69) is 46.9 Å². The summed E-state index contributed by atoms with van der Waals surface area (Å²) < 4.78 is 29.9. The summed E-state index contributed by atoms with van der Waals surface area (Å²) in [5.74, 6) is -3.57. The smallest absolute Gasteiger partial charge is 0.340 e.